The van der Waals surface area contributed by atoms with Crippen molar-refractivity contribution < 1.29 is 13.2 Å². The van der Waals surface area contributed by atoms with Gasteiger partial charge in [0.1, 0.15) is 18.7 Å². The summed E-state index contributed by atoms with van der Waals surface area (Å²) in [5, 5.41) is 7.19. The Morgan fingerprint density at radius 3 is 2.76 bits per heavy atom. The highest BCUT2D eigenvalue weighted by atomic mass is 32.2. The van der Waals surface area contributed by atoms with Gasteiger partial charge in [0.05, 0.1) is 4.90 Å². The smallest absolute Gasteiger partial charge is 0.240 e. The number of aromatic nitrogens is 3. The molecule has 1 saturated heterocycles. The van der Waals surface area contributed by atoms with Gasteiger partial charge in [-0.25, -0.2) is 18.1 Å². The van der Waals surface area contributed by atoms with Crippen LogP contribution >= 0.6 is 0 Å². The summed E-state index contributed by atoms with van der Waals surface area (Å²) in [6, 6.07) is 6.30. The normalized spacial score (nSPS) is 21.2. The number of ether oxygens (including phenoxy) is 1. The molecule has 25 heavy (non-hydrogen) atoms. The molecule has 0 aliphatic carbocycles. The summed E-state index contributed by atoms with van der Waals surface area (Å²) in [6.45, 7) is 3.92. The van der Waals surface area contributed by atoms with Gasteiger partial charge in [-0.15, -0.1) is 0 Å². The van der Waals surface area contributed by atoms with Crippen molar-refractivity contribution in [2.75, 3.05) is 13.1 Å². The highest BCUT2D eigenvalue weighted by Crippen LogP contribution is 2.19. The Labute approximate surface area is 147 Å². The molecule has 1 aromatic carbocycles. The number of nitrogens with one attached hydrogen (secondary N) is 2. The van der Waals surface area contributed by atoms with Crippen molar-refractivity contribution in [2.45, 2.75) is 30.9 Å². The highest BCUT2D eigenvalue weighted by molar-refractivity contribution is 7.89. The number of piperidine rings is 1. The molecule has 1 fully saturated rings. The van der Waals surface area contributed by atoms with E-state index in [1.807, 2.05) is 0 Å². The maximum Gasteiger partial charge on any atom is 0.240 e. The molecule has 0 amide bonds. The first-order valence-electron chi connectivity index (χ1n) is 8.24. The van der Waals surface area contributed by atoms with E-state index in [1.165, 1.54) is 6.33 Å². The summed E-state index contributed by atoms with van der Waals surface area (Å²) >= 11 is 0. The van der Waals surface area contributed by atoms with E-state index in [0.29, 0.717) is 24.0 Å². The van der Waals surface area contributed by atoms with Crippen LogP contribution in [-0.4, -0.2) is 42.3 Å². The second kappa shape index (κ2) is 7.51. The predicted octanol–water partition coefficient (Wildman–Crippen LogP) is 0.670. The molecule has 136 valence electrons. The van der Waals surface area contributed by atoms with Crippen LogP contribution in [0.1, 0.15) is 19.2 Å². The van der Waals surface area contributed by atoms with E-state index in [9.17, 15) is 8.42 Å². The minimum atomic E-state index is -3.55. The van der Waals surface area contributed by atoms with Crippen molar-refractivity contribution in [3.8, 4) is 5.75 Å². The molecule has 3 rings (SSSR count). The Morgan fingerprint density at radius 2 is 2.12 bits per heavy atom. The molecule has 2 atom stereocenters. The molecular weight excluding hydrogens is 342 g/mol. The van der Waals surface area contributed by atoms with E-state index in [4.69, 9.17) is 4.74 Å². The molecule has 8 nitrogen and oxygen atoms in total. The van der Waals surface area contributed by atoms with Crippen molar-refractivity contribution in [1.29, 1.82) is 0 Å². The Kier molecular flexibility index (Phi) is 5.36. The number of benzene rings is 1. The lowest BCUT2D eigenvalue weighted by molar-refractivity contribution is 0.289. The summed E-state index contributed by atoms with van der Waals surface area (Å²) in [5.41, 5.74) is 0. The number of nitrogens with zero attached hydrogens (tertiary/aromatic N) is 3. The number of sulfonamides is 1. The third-order valence-corrected chi connectivity index (χ3v) is 5.95. The van der Waals surface area contributed by atoms with Crippen LogP contribution in [0.2, 0.25) is 0 Å². The van der Waals surface area contributed by atoms with Crippen LogP contribution < -0.4 is 14.8 Å². The Balaban J connectivity index is 1.63. The van der Waals surface area contributed by atoms with Crippen molar-refractivity contribution in [3.63, 3.8) is 0 Å². The second-order valence-corrected chi connectivity index (χ2v) is 7.97. The molecule has 2 N–H and O–H groups in total. The fourth-order valence-electron chi connectivity index (χ4n) is 2.73. The van der Waals surface area contributed by atoms with Crippen molar-refractivity contribution >= 4 is 10.0 Å². The van der Waals surface area contributed by atoms with E-state index in [1.54, 1.807) is 36.0 Å². The molecule has 1 aliphatic rings. The minimum absolute atomic E-state index is 0.0920. The maximum atomic E-state index is 12.5. The molecule has 0 bridgehead atoms. The summed E-state index contributed by atoms with van der Waals surface area (Å²) in [5.74, 6) is 1.58. The molecule has 1 aliphatic heterocycles. The maximum absolute atomic E-state index is 12.5. The van der Waals surface area contributed by atoms with Crippen molar-refractivity contribution in [1.82, 2.24) is 24.8 Å². The Hall–Kier alpha value is -1.97. The zero-order chi connectivity index (χ0) is 17.9. The van der Waals surface area contributed by atoms with Crippen LogP contribution in [0.3, 0.4) is 0 Å². The lowest BCUT2D eigenvalue weighted by Crippen LogP contribution is -2.50. The monoisotopic (exact) mass is 365 g/mol. The van der Waals surface area contributed by atoms with Crippen LogP contribution in [0, 0.1) is 5.92 Å². The quantitative estimate of drug-likeness (QED) is 0.781. The van der Waals surface area contributed by atoms with Crippen LogP contribution in [0.4, 0.5) is 0 Å². The van der Waals surface area contributed by atoms with E-state index < -0.39 is 10.0 Å². The Bertz CT molecular complexity index is 803. The molecule has 0 saturated carbocycles. The molecule has 9 heteroatoms. The summed E-state index contributed by atoms with van der Waals surface area (Å²) < 4.78 is 35.1. The topological polar surface area (TPSA) is 98.1 Å². The van der Waals surface area contributed by atoms with Gasteiger partial charge in [-0.05, 0) is 43.1 Å². The van der Waals surface area contributed by atoms with Crippen molar-refractivity contribution in [2.24, 2.45) is 13.0 Å². The van der Waals surface area contributed by atoms with Gasteiger partial charge in [-0.2, -0.15) is 5.10 Å². The van der Waals surface area contributed by atoms with E-state index in [0.717, 1.165) is 13.0 Å². The lowest BCUT2D eigenvalue weighted by atomic mass is 9.96. The molecular formula is C16H23N5O3S. The van der Waals surface area contributed by atoms with E-state index in [2.05, 4.69) is 27.0 Å². The van der Waals surface area contributed by atoms with Gasteiger partial charge in [-0.3, -0.25) is 4.68 Å². The average molecular weight is 365 g/mol. The first-order chi connectivity index (χ1) is 12.0. The first-order valence-corrected chi connectivity index (χ1v) is 9.73. The zero-order valence-corrected chi connectivity index (χ0v) is 15.2. The average Bonchev–Trinajstić information content (AvgIpc) is 3.00. The third kappa shape index (κ3) is 4.36. The summed E-state index contributed by atoms with van der Waals surface area (Å²) in [7, 11) is -1.76. The molecule has 1 aromatic heterocycles. The lowest BCUT2D eigenvalue weighted by Gasteiger charge is -2.29. The van der Waals surface area contributed by atoms with Gasteiger partial charge in [0.15, 0.2) is 5.82 Å². The molecule has 2 unspecified atom stereocenters. The van der Waals surface area contributed by atoms with Gasteiger partial charge >= 0.3 is 0 Å². The van der Waals surface area contributed by atoms with Gasteiger partial charge < -0.3 is 10.1 Å². The molecule has 2 aromatic rings. The van der Waals surface area contributed by atoms with Crippen molar-refractivity contribution in [3.05, 3.63) is 36.4 Å². The van der Waals surface area contributed by atoms with E-state index >= 15 is 0 Å². The van der Waals surface area contributed by atoms with Crippen LogP contribution in [0.25, 0.3) is 0 Å². The van der Waals surface area contributed by atoms with Crippen LogP contribution in [-0.2, 0) is 23.7 Å². The predicted molar refractivity (Wildman–Crippen MR) is 92.5 cm³/mol. The second-order valence-electron chi connectivity index (χ2n) is 6.26. The number of hydrogen-bond donors (Lipinski definition) is 2. The van der Waals surface area contributed by atoms with Gasteiger partial charge in [0.25, 0.3) is 0 Å². The zero-order valence-electron chi connectivity index (χ0n) is 14.3. The number of hydrogen-bond acceptors (Lipinski definition) is 6. The van der Waals surface area contributed by atoms with Crippen LogP contribution in [0.15, 0.2) is 35.5 Å². The molecule has 0 radical (unpaired) electrons. The molecule has 0 spiro atoms. The standard InChI is InChI=1S/C16H23N5O3S/c1-12-7-8-17-9-15(12)20-25(22,23)14-5-3-13(4-6-14)24-10-16-18-11-19-21(16)2/h3-6,11-12,15,17,20H,7-10H2,1-2H3. The number of rotatable bonds is 6. The summed E-state index contributed by atoms with van der Waals surface area (Å²) in [4.78, 5) is 4.31. The first kappa shape index (κ1) is 17.8. The van der Waals surface area contributed by atoms with E-state index in [-0.39, 0.29) is 17.5 Å². The minimum Gasteiger partial charge on any atom is -0.486 e. The number of aryl methyl sites for hydroxylation is 1. The Morgan fingerprint density at radius 1 is 1.36 bits per heavy atom. The van der Waals surface area contributed by atoms with Gasteiger partial charge in [-0.1, -0.05) is 6.92 Å². The van der Waals surface area contributed by atoms with Gasteiger partial charge in [0.2, 0.25) is 10.0 Å². The largest absolute Gasteiger partial charge is 0.486 e. The fraction of sp³-hybridized carbons (Fsp3) is 0.500. The summed E-state index contributed by atoms with van der Waals surface area (Å²) in [6.07, 6.45) is 2.42. The molecule has 2 heterocycles. The third-order valence-electron chi connectivity index (χ3n) is 4.44. The fourth-order valence-corrected chi connectivity index (χ4v) is 4.07. The highest BCUT2D eigenvalue weighted by Gasteiger charge is 2.26. The van der Waals surface area contributed by atoms with Crippen LogP contribution in [0.5, 0.6) is 5.75 Å². The SMILES string of the molecule is CC1CCNCC1NS(=O)(=O)c1ccc(OCc2ncnn2C)cc1. The van der Waals surface area contributed by atoms with Gasteiger partial charge in [0, 0.05) is 19.6 Å².